The molecule has 9 heteroatoms. The average molecular weight is 446 g/mol. The van der Waals surface area contributed by atoms with E-state index >= 15 is 0 Å². The molecule has 164 valence electrons. The first-order chi connectivity index (χ1) is 12.9. The highest BCUT2D eigenvalue weighted by Crippen LogP contribution is 2.23. The van der Waals surface area contributed by atoms with Gasteiger partial charge in [0.05, 0.1) is 5.39 Å². The van der Waals surface area contributed by atoms with Gasteiger partial charge < -0.3 is 10.2 Å². The lowest BCUT2D eigenvalue weighted by Crippen LogP contribution is -2.39. The fraction of sp³-hybridized carbons (Fsp3) is 0.650. The molecule has 2 N–H and O–H groups in total. The average Bonchev–Trinajstić information content (AvgIpc) is 2.93. The van der Waals surface area contributed by atoms with Crippen molar-refractivity contribution in [3.63, 3.8) is 0 Å². The Kier molecular flexibility index (Phi) is 9.65. The first-order valence-electron chi connectivity index (χ1n) is 9.89. The van der Waals surface area contributed by atoms with Gasteiger partial charge in [-0.05, 0) is 70.2 Å². The Hall–Kier alpha value is -1.57. The van der Waals surface area contributed by atoms with Crippen LogP contribution in [0.5, 0.6) is 0 Å². The number of likely N-dealkylation sites (tertiary alicyclic amines) is 1. The molecule has 0 aromatic carbocycles. The van der Waals surface area contributed by atoms with Crippen molar-refractivity contribution in [3.05, 3.63) is 27.2 Å². The predicted molar refractivity (Wildman–Crippen MR) is 121 cm³/mol. The first kappa shape index (κ1) is 25.5. The van der Waals surface area contributed by atoms with Gasteiger partial charge in [-0.3, -0.25) is 19.4 Å². The number of nitrogens with zero attached hydrogens (tertiary/aromatic N) is 3. The van der Waals surface area contributed by atoms with E-state index in [2.05, 4.69) is 15.4 Å². The maximum Gasteiger partial charge on any atom is 0.276 e. The summed E-state index contributed by atoms with van der Waals surface area (Å²) in [6.45, 7) is 6.68. The van der Waals surface area contributed by atoms with Gasteiger partial charge in [0.25, 0.3) is 5.56 Å². The molecule has 7 nitrogen and oxygen atoms in total. The molecule has 29 heavy (non-hydrogen) atoms. The Morgan fingerprint density at radius 1 is 1.24 bits per heavy atom. The molecule has 0 radical (unpaired) electrons. The van der Waals surface area contributed by atoms with E-state index < -0.39 is 0 Å². The van der Waals surface area contributed by atoms with Crippen LogP contribution in [0.15, 0.2) is 4.79 Å². The van der Waals surface area contributed by atoms with E-state index in [4.69, 9.17) is 0 Å². The molecule has 1 aliphatic rings. The summed E-state index contributed by atoms with van der Waals surface area (Å²) in [5, 5.41) is 6.82. The topological polar surface area (TPSA) is 83.0 Å². The lowest BCUT2D eigenvalue weighted by Gasteiger charge is -2.32. The molecule has 1 fully saturated rings. The number of H-pyrrole nitrogens is 1. The minimum absolute atomic E-state index is 0. The molecule has 1 saturated heterocycles. The zero-order valence-electron chi connectivity index (χ0n) is 17.7. The molecule has 0 spiro atoms. The first-order valence-corrected chi connectivity index (χ1v) is 9.89. The van der Waals surface area contributed by atoms with E-state index in [1.165, 1.54) is 11.1 Å². The summed E-state index contributed by atoms with van der Waals surface area (Å²) in [5.41, 5.74) is 3.41. The Bertz CT molecular complexity index is 885. The van der Waals surface area contributed by atoms with Gasteiger partial charge in [-0.25, -0.2) is 4.98 Å². The summed E-state index contributed by atoms with van der Waals surface area (Å²) >= 11 is 0. The van der Waals surface area contributed by atoms with E-state index in [1.54, 1.807) is 7.05 Å². The van der Waals surface area contributed by atoms with Gasteiger partial charge in [0, 0.05) is 32.3 Å². The fourth-order valence-electron chi connectivity index (χ4n) is 4.19. The minimum Gasteiger partial charge on any atom is -0.343 e. The number of aromatic nitrogens is 3. The van der Waals surface area contributed by atoms with E-state index in [0.29, 0.717) is 23.9 Å². The van der Waals surface area contributed by atoms with Crippen LogP contribution in [-0.2, 0) is 18.3 Å². The third kappa shape index (κ3) is 5.53. The Balaban J connectivity index is 0.00000210. The fourth-order valence-corrected chi connectivity index (χ4v) is 4.19. The van der Waals surface area contributed by atoms with Gasteiger partial charge in [-0.2, -0.15) is 0 Å². The second-order valence-corrected chi connectivity index (χ2v) is 7.72. The van der Waals surface area contributed by atoms with Crippen molar-refractivity contribution in [1.82, 2.24) is 25.0 Å². The summed E-state index contributed by atoms with van der Waals surface area (Å²) in [7, 11) is 3.68. The Morgan fingerprint density at radius 3 is 2.52 bits per heavy atom. The maximum absolute atomic E-state index is 12.7. The van der Waals surface area contributed by atoms with E-state index in [0.717, 1.165) is 55.2 Å². The molecular weight excluding hydrogens is 413 g/mol. The third-order valence-corrected chi connectivity index (χ3v) is 5.93. The number of hydrogen-bond acceptors (Lipinski definition) is 4. The molecule has 2 aromatic rings. The number of piperidine rings is 1. The van der Waals surface area contributed by atoms with E-state index in [9.17, 15) is 9.59 Å². The maximum atomic E-state index is 12.7. The lowest BCUT2D eigenvalue weighted by atomic mass is 9.93. The van der Waals surface area contributed by atoms with Crippen molar-refractivity contribution < 1.29 is 4.79 Å². The van der Waals surface area contributed by atoms with Gasteiger partial charge in [0.2, 0.25) is 5.91 Å². The number of carbonyl (C=O) groups is 1. The number of carbonyl (C=O) groups excluding carboxylic acids is 1. The van der Waals surface area contributed by atoms with Crippen LogP contribution in [-0.4, -0.2) is 52.3 Å². The molecule has 3 heterocycles. The molecule has 0 saturated carbocycles. The molecule has 1 aliphatic heterocycles. The number of halogens is 2. The van der Waals surface area contributed by atoms with Crippen molar-refractivity contribution >= 4 is 41.8 Å². The predicted octanol–water partition coefficient (Wildman–Crippen LogP) is 2.50. The summed E-state index contributed by atoms with van der Waals surface area (Å²) < 4.78 is 1.46. The van der Waals surface area contributed by atoms with Gasteiger partial charge in [-0.15, -0.1) is 24.8 Å². The molecular formula is C20H33Cl2N5O2. The number of pyridine rings is 1. The van der Waals surface area contributed by atoms with Crippen LogP contribution in [0.1, 0.15) is 42.5 Å². The van der Waals surface area contributed by atoms with E-state index in [-0.39, 0.29) is 36.3 Å². The molecule has 1 amide bonds. The van der Waals surface area contributed by atoms with Crippen molar-refractivity contribution in [2.75, 3.05) is 26.7 Å². The number of rotatable bonds is 6. The normalized spacial score (nSPS) is 14.6. The molecule has 0 unspecified atom stereocenters. The molecule has 2 aromatic heterocycles. The second-order valence-electron chi connectivity index (χ2n) is 7.72. The zero-order valence-corrected chi connectivity index (χ0v) is 19.3. The number of aryl methyl sites for hydroxylation is 3. The van der Waals surface area contributed by atoms with Crippen LogP contribution in [0.4, 0.5) is 0 Å². The summed E-state index contributed by atoms with van der Waals surface area (Å²) in [4.78, 5) is 31.5. The standard InChI is InChI=1S/C20H31N5O2.2ClH/c1-13-16(14(2)22-19-18(13)20(27)24(4)23-19)5-6-17(26)25-11-8-15(9-12-25)7-10-21-3;;/h15,21H,5-12H2,1-4H3,(H,22,23);2*1H. The lowest BCUT2D eigenvalue weighted by molar-refractivity contribution is -0.132. The van der Waals surface area contributed by atoms with Crippen molar-refractivity contribution in [1.29, 1.82) is 0 Å². The summed E-state index contributed by atoms with van der Waals surface area (Å²) in [6.07, 6.45) is 4.49. The number of nitrogens with one attached hydrogen (secondary N) is 2. The quantitative estimate of drug-likeness (QED) is 0.715. The van der Waals surface area contributed by atoms with Crippen molar-refractivity contribution in [3.8, 4) is 0 Å². The van der Waals surface area contributed by atoms with E-state index in [1.807, 2.05) is 25.8 Å². The van der Waals surface area contributed by atoms with Gasteiger partial charge >= 0.3 is 0 Å². The Labute approximate surface area is 184 Å². The summed E-state index contributed by atoms with van der Waals surface area (Å²) in [5.74, 6) is 0.935. The van der Waals surface area contributed by atoms with Crippen LogP contribution in [0.25, 0.3) is 11.0 Å². The number of fused-ring (bicyclic) bond motifs is 1. The third-order valence-electron chi connectivity index (χ3n) is 5.93. The highest BCUT2D eigenvalue weighted by molar-refractivity contribution is 5.85. The van der Waals surface area contributed by atoms with Crippen molar-refractivity contribution in [2.45, 2.75) is 46.0 Å². The summed E-state index contributed by atoms with van der Waals surface area (Å²) in [6, 6.07) is 0. The van der Waals surface area contributed by atoms with Crippen LogP contribution < -0.4 is 10.9 Å². The van der Waals surface area contributed by atoms with Gasteiger partial charge in [-0.1, -0.05) is 0 Å². The molecule has 0 bridgehead atoms. The number of hydrogen-bond donors (Lipinski definition) is 2. The van der Waals surface area contributed by atoms with Crippen LogP contribution in [0.3, 0.4) is 0 Å². The highest BCUT2D eigenvalue weighted by atomic mass is 35.5. The smallest absolute Gasteiger partial charge is 0.276 e. The monoisotopic (exact) mass is 445 g/mol. The minimum atomic E-state index is -0.0637. The van der Waals surface area contributed by atoms with Crippen molar-refractivity contribution in [2.24, 2.45) is 13.0 Å². The molecule has 0 atom stereocenters. The molecule has 3 rings (SSSR count). The van der Waals surface area contributed by atoms with Crippen LogP contribution in [0.2, 0.25) is 0 Å². The van der Waals surface area contributed by atoms with Gasteiger partial charge in [0.1, 0.15) is 0 Å². The number of aromatic amines is 1. The zero-order chi connectivity index (χ0) is 19.6. The number of amides is 1. The van der Waals surface area contributed by atoms with Crippen LogP contribution in [0, 0.1) is 19.8 Å². The second kappa shape index (κ2) is 11.0. The largest absolute Gasteiger partial charge is 0.343 e. The molecule has 0 aliphatic carbocycles. The highest BCUT2D eigenvalue weighted by Gasteiger charge is 2.23. The van der Waals surface area contributed by atoms with Crippen LogP contribution >= 0.6 is 24.8 Å². The van der Waals surface area contributed by atoms with Gasteiger partial charge in [0.15, 0.2) is 5.65 Å². The Morgan fingerprint density at radius 2 is 1.90 bits per heavy atom. The SMILES string of the molecule is CNCCC1CCN(C(=O)CCc2c(C)nc3[nH]n(C)c(=O)c3c2C)CC1.Cl.Cl.